The highest BCUT2D eigenvalue weighted by atomic mass is 32.1. The molecule has 7 heteroatoms. The standard InChI is InChI=1S/C19H19N3O3S/c1-3-24-19(23)17(18-20-8-9-22(18)2)10-14-4-6-16(7-5-14)25-11-15-12-26-13-21-15/h4-10,12-13H,3,11H2,1-2H3. The maximum absolute atomic E-state index is 12.3. The van der Waals surface area contributed by atoms with Gasteiger partial charge in [-0.1, -0.05) is 12.1 Å². The highest BCUT2D eigenvalue weighted by molar-refractivity contribution is 7.07. The van der Waals surface area contributed by atoms with E-state index in [4.69, 9.17) is 9.47 Å². The normalized spacial score (nSPS) is 11.4. The second-order valence-corrected chi connectivity index (χ2v) is 6.20. The first kappa shape index (κ1) is 17.9. The van der Waals surface area contributed by atoms with E-state index in [0.717, 1.165) is 17.0 Å². The maximum atomic E-state index is 12.3. The summed E-state index contributed by atoms with van der Waals surface area (Å²) in [6.07, 6.45) is 5.21. The minimum Gasteiger partial charge on any atom is -0.487 e. The molecular weight excluding hydrogens is 350 g/mol. The summed E-state index contributed by atoms with van der Waals surface area (Å²) in [7, 11) is 1.84. The second kappa shape index (κ2) is 8.44. The zero-order chi connectivity index (χ0) is 18.4. The zero-order valence-corrected chi connectivity index (χ0v) is 15.4. The van der Waals surface area contributed by atoms with Crippen LogP contribution in [0.4, 0.5) is 0 Å². The Morgan fingerprint density at radius 1 is 1.27 bits per heavy atom. The Morgan fingerprint density at radius 3 is 2.69 bits per heavy atom. The molecule has 0 aliphatic heterocycles. The van der Waals surface area contributed by atoms with E-state index in [9.17, 15) is 4.79 Å². The third kappa shape index (κ3) is 4.37. The van der Waals surface area contributed by atoms with Gasteiger partial charge in [-0.15, -0.1) is 11.3 Å². The lowest BCUT2D eigenvalue weighted by molar-refractivity contribution is -0.136. The molecule has 0 aliphatic carbocycles. The summed E-state index contributed by atoms with van der Waals surface area (Å²) in [5.74, 6) is 0.905. The van der Waals surface area contributed by atoms with Crippen molar-refractivity contribution in [2.75, 3.05) is 6.61 Å². The van der Waals surface area contributed by atoms with Crippen molar-refractivity contribution in [3.63, 3.8) is 0 Å². The highest BCUT2D eigenvalue weighted by Crippen LogP contribution is 2.21. The van der Waals surface area contributed by atoms with E-state index in [1.807, 2.05) is 36.7 Å². The number of aryl methyl sites for hydroxylation is 1. The third-order valence-electron chi connectivity index (χ3n) is 3.62. The largest absolute Gasteiger partial charge is 0.487 e. The topological polar surface area (TPSA) is 66.2 Å². The Bertz CT molecular complexity index is 883. The van der Waals surface area contributed by atoms with Gasteiger partial charge in [0.1, 0.15) is 23.8 Å². The summed E-state index contributed by atoms with van der Waals surface area (Å²) in [6.45, 7) is 2.52. The van der Waals surface area contributed by atoms with Crippen LogP contribution in [0.25, 0.3) is 11.6 Å². The number of aromatic nitrogens is 3. The van der Waals surface area contributed by atoms with Gasteiger partial charge >= 0.3 is 5.97 Å². The lowest BCUT2D eigenvalue weighted by Crippen LogP contribution is -2.10. The fourth-order valence-electron chi connectivity index (χ4n) is 2.34. The lowest BCUT2D eigenvalue weighted by Gasteiger charge is -2.08. The molecule has 3 aromatic rings. The summed E-state index contributed by atoms with van der Waals surface area (Å²) >= 11 is 1.54. The van der Waals surface area contributed by atoms with Crippen molar-refractivity contribution >= 4 is 29.0 Å². The van der Waals surface area contributed by atoms with Crippen molar-refractivity contribution in [1.82, 2.24) is 14.5 Å². The van der Waals surface area contributed by atoms with Crippen molar-refractivity contribution in [1.29, 1.82) is 0 Å². The van der Waals surface area contributed by atoms with Crippen LogP contribution >= 0.6 is 11.3 Å². The number of imidazole rings is 1. The molecule has 0 amide bonds. The van der Waals surface area contributed by atoms with Crippen molar-refractivity contribution in [3.05, 3.63) is 64.6 Å². The van der Waals surface area contributed by atoms with Gasteiger partial charge in [0.25, 0.3) is 0 Å². The first-order valence-corrected chi connectivity index (χ1v) is 9.08. The van der Waals surface area contributed by atoms with E-state index < -0.39 is 5.97 Å². The summed E-state index contributed by atoms with van der Waals surface area (Å²) in [4.78, 5) is 20.8. The summed E-state index contributed by atoms with van der Waals surface area (Å²) < 4.78 is 12.7. The third-order valence-corrected chi connectivity index (χ3v) is 4.25. The van der Waals surface area contributed by atoms with E-state index in [1.165, 1.54) is 11.3 Å². The average Bonchev–Trinajstić information content (AvgIpc) is 3.31. The van der Waals surface area contributed by atoms with Crippen molar-refractivity contribution < 1.29 is 14.3 Å². The van der Waals surface area contributed by atoms with Crippen LogP contribution in [-0.2, 0) is 23.2 Å². The van der Waals surface area contributed by atoms with Gasteiger partial charge in [-0.05, 0) is 30.7 Å². The van der Waals surface area contributed by atoms with E-state index in [0.29, 0.717) is 24.6 Å². The maximum Gasteiger partial charge on any atom is 0.341 e. The Balaban J connectivity index is 1.78. The van der Waals surface area contributed by atoms with Gasteiger partial charge in [0, 0.05) is 24.8 Å². The van der Waals surface area contributed by atoms with Gasteiger partial charge in [0.05, 0.1) is 17.8 Å². The number of rotatable bonds is 7. The fourth-order valence-corrected chi connectivity index (χ4v) is 2.88. The van der Waals surface area contributed by atoms with Crippen LogP contribution < -0.4 is 4.74 Å². The van der Waals surface area contributed by atoms with Gasteiger partial charge in [0.2, 0.25) is 0 Å². The summed E-state index contributed by atoms with van der Waals surface area (Å²) in [6, 6.07) is 7.50. The molecular formula is C19H19N3O3S. The van der Waals surface area contributed by atoms with Crippen molar-refractivity contribution in [3.8, 4) is 5.75 Å². The molecule has 0 aliphatic rings. The number of nitrogens with zero attached hydrogens (tertiary/aromatic N) is 3. The Kier molecular flexibility index (Phi) is 5.80. The number of hydrogen-bond donors (Lipinski definition) is 0. The predicted molar refractivity (Wildman–Crippen MR) is 101 cm³/mol. The molecule has 0 saturated carbocycles. The predicted octanol–water partition coefficient (Wildman–Crippen LogP) is 3.56. The zero-order valence-electron chi connectivity index (χ0n) is 14.6. The second-order valence-electron chi connectivity index (χ2n) is 5.48. The first-order valence-electron chi connectivity index (χ1n) is 8.14. The Morgan fingerprint density at radius 2 is 2.08 bits per heavy atom. The molecule has 0 saturated heterocycles. The monoisotopic (exact) mass is 369 g/mol. The van der Waals surface area contributed by atoms with Crippen molar-refractivity contribution in [2.24, 2.45) is 7.05 Å². The molecule has 0 N–H and O–H groups in total. The lowest BCUT2D eigenvalue weighted by atomic mass is 10.1. The molecule has 134 valence electrons. The van der Waals surface area contributed by atoms with E-state index in [-0.39, 0.29) is 0 Å². The summed E-state index contributed by atoms with van der Waals surface area (Å²) in [5, 5.41) is 1.95. The van der Waals surface area contributed by atoms with Crippen LogP contribution in [0.15, 0.2) is 47.5 Å². The Hall–Kier alpha value is -2.93. The molecule has 3 rings (SSSR count). The molecule has 26 heavy (non-hydrogen) atoms. The van der Waals surface area contributed by atoms with Crippen molar-refractivity contribution in [2.45, 2.75) is 13.5 Å². The molecule has 1 aromatic carbocycles. The number of carbonyl (C=O) groups excluding carboxylic acids is 1. The number of benzene rings is 1. The minimum atomic E-state index is -0.398. The Labute approximate surface area is 155 Å². The van der Waals surface area contributed by atoms with Crippen LogP contribution in [0.1, 0.15) is 24.0 Å². The molecule has 0 atom stereocenters. The van der Waals surface area contributed by atoms with E-state index >= 15 is 0 Å². The number of hydrogen-bond acceptors (Lipinski definition) is 6. The average molecular weight is 369 g/mol. The van der Waals surface area contributed by atoms with Crippen LogP contribution in [0.2, 0.25) is 0 Å². The number of ether oxygens (including phenoxy) is 2. The van der Waals surface area contributed by atoms with Crippen LogP contribution in [0, 0.1) is 0 Å². The van der Waals surface area contributed by atoms with Crippen LogP contribution in [-0.4, -0.2) is 27.1 Å². The fraction of sp³-hybridized carbons (Fsp3) is 0.211. The van der Waals surface area contributed by atoms with Gasteiger partial charge in [-0.2, -0.15) is 0 Å². The molecule has 6 nitrogen and oxygen atoms in total. The molecule has 0 spiro atoms. The van der Waals surface area contributed by atoms with E-state index in [2.05, 4.69) is 9.97 Å². The summed E-state index contributed by atoms with van der Waals surface area (Å²) in [5.41, 5.74) is 3.95. The molecule has 0 unspecified atom stereocenters. The molecule has 2 heterocycles. The number of carbonyl (C=O) groups is 1. The smallest absolute Gasteiger partial charge is 0.341 e. The number of thiazole rings is 1. The van der Waals surface area contributed by atoms with Crippen LogP contribution in [0.3, 0.4) is 0 Å². The van der Waals surface area contributed by atoms with Gasteiger partial charge in [-0.25, -0.2) is 14.8 Å². The van der Waals surface area contributed by atoms with E-state index in [1.54, 1.807) is 35.5 Å². The molecule has 0 bridgehead atoms. The molecule has 2 aromatic heterocycles. The highest BCUT2D eigenvalue weighted by Gasteiger charge is 2.17. The number of esters is 1. The van der Waals surface area contributed by atoms with Gasteiger partial charge in [-0.3, -0.25) is 0 Å². The quantitative estimate of drug-likeness (QED) is 0.471. The minimum absolute atomic E-state index is 0.310. The van der Waals surface area contributed by atoms with Gasteiger partial charge in [0.15, 0.2) is 0 Å². The molecule has 0 fully saturated rings. The SMILES string of the molecule is CCOC(=O)C(=Cc1ccc(OCc2cscn2)cc1)c1nccn1C. The van der Waals surface area contributed by atoms with Gasteiger partial charge < -0.3 is 14.0 Å². The molecule has 0 radical (unpaired) electrons. The first-order chi connectivity index (χ1) is 12.7. The van der Waals surface area contributed by atoms with Crippen LogP contribution in [0.5, 0.6) is 5.75 Å².